The number of nitrogens with two attached hydrogens (primary N) is 5. The lowest BCUT2D eigenvalue weighted by atomic mass is 10.1. The highest BCUT2D eigenvalue weighted by atomic mass is 31.2. The number of H-pyrrole nitrogens is 1. The standard InChI is InChI=1S/C12H17O5P.C11H23N3O2.C10H17N2O4P.C10H19NO4.C9H12O6.C7H14N2O2.C7H15NO.C7H15O4P.C5H11NO.C5H11O6P.CH4/c1-9(2)12(13)16-8-10-4-6-11(7-5-10)17-18(3,14)15;1-8(2)10(15)7-14-11(16)9(13)5-3-4-6-12;1-7(2)17(15,16)5-8(10(13)14)3-9-4-11-6-12-9;1-6(2)8(11)10(13)15-5-14-9(12)7(3)4;1-6(2)9(13)15-5-14-8(12)4-3-7(10)11;1-5(2)6(10)4-9-7(11)3-8;1-6(2)7(9)5-8(3)4;1-5(2)7(8)11-12(9,10)6(3)4;1-4(2)5(7)3-6;1-4(2)5(6)10-3-11-12(7,8)9;/h4-7,9H,8H2,1-3H3,(H,14,15);8-9H,3-7,12-13H2,1-2H3,(H,14,16);4,6-8H,3,5H2,1-2H3,(H,11,12)(H,13,14)(H,15,16);6-8H,5,11H2,1-4H3;3-4,6H,5H2,1-2H3,(H,10,11);5H,3-4,8H2,1-2H3,(H,9,11);6H,5H2,1-4H3;5-6H,1-4H3,(H,9,10);4H,3,6H2,1-2H3;4H,3H2,1-2H3,(H2,7,8,9);1H4/b;;;;4-3+;;;;;;/t;9-;2*8-;;;;;;;/m.010......./s1. The fourth-order valence-electron chi connectivity index (χ4n) is 6.76. The molecular weight excluding hydrogens is 1830 g/mol. The molecule has 3 unspecified atom stereocenters. The molecule has 1 aromatic heterocycles. The SMILES string of the molecule is C.CC(C)C(=O)CN.CC(C)C(=O)CN(C)C.CC(C)C(=O)CNC(=O)CN.CC(C)C(=O)CNC(=O)[C@@H](N)CCCCN.CC(C)C(=O)OCOC(=O)/C=C/C(=O)O.CC(C)C(=O)OCOC(=O)[C@@H](N)C(C)C.CC(C)C(=O)OCOP(=O)(O)O.CC(C)C(=O)OCc1ccc(OP(C)(=O)O)cc1.CC(C)C(=O)OP(=O)(O)C(C)C.CC(C)P(=O)(O)C[C@@H](Cc1cnc[nH]1)C(=O)O. The average molecular weight is 1990 g/mol. The van der Waals surface area contributed by atoms with Crippen LogP contribution in [0, 0.1) is 65.1 Å². The number of aliphatic carboxylic acids is 2. The molecule has 0 fully saturated rings. The van der Waals surface area contributed by atoms with E-state index in [0.717, 1.165) is 31.1 Å². The summed E-state index contributed by atoms with van der Waals surface area (Å²) in [4.78, 5) is 216. The van der Waals surface area contributed by atoms with E-state index in [0.29, 0.717) is 42.8 Å². The van der Waals surface area contributed by atoms with Crippen LogP contribution in [0.3, 0.4) is 0 Å². The number of unbranched alkanes of at least 4 members (excludes halogenated alkanes) is 1. The number of likely N-dealkylation sites (N-methyl/N-ethyl adjacent to an activating group) is 1. The predicted octanol–water partition coefficient (Wildman–Crippen LogP) is 7.59. The van der Waals surface area contributed by atoms with E-state index in [-0.39, 0.29) is 154 Å². The first-order chi connectivity index (χ1) is 60.3. The lowest BCUT2D eigenvalue weighted by Gasteiger charge is -2.19. The van der Waals surface area contributed by atoms with E-state index in [4.69, 9.17) is 67.7 Å². The number of Topliss-reactive ketones (excluding diaryl/α,β-unsaturated/α-hetero) is 4. The number of nitrogens with zero attached hydrogens (tertiary/aromatic N) is 2. The Morgan fingerprint density at radius 3 is 1.26 bits per heavy atom. The minimum Gasteiger partial charge on any atom is -0.481 e. The zero-order valence-electron chi connectivity index (χ0n) is 81.5. The van der Waals surface area contributed by atoms with Crippen molar-refractivity contribution in [2.45, 2.75) is 229 Å². The van der Waals surface area contributed by atoms with Crippen LogP contribution < -0.4 is 43.8 Å². The fraction of sp³-hybridized carbons (Fsp3) is 0.690. The number of phosphoric acid groups is 1. The largest absolute Gasteiger partial charge is 0.481 e. The van der Waals surface area contributed by atoms with Crippen molar-refractivity contribution in [2.75, 3.05) is 86.6 Å². The Morgan fingerprint density at radius 2 is 0.932 bits per heavy atom. The molecular formula is C84H158N10O35P4. The second-order valence-corrected chi connectivity index (χ2v) is 40.9. The highest BCUT2D eigenvalue weighted by Crippen LogP contribution is 2.49. The highest BCUT2D eigenvalue weighted by Gasteiger charge is 2.33. The Morgan fingerprint density at radius 1 is 0.511 bits per heavy atom. The molecule has 6 atom stereocenters. The summed E-state index contributed by atoms with van der Waals surface area (Å²) in [6.45, 7) is 42.4. The summed E-state index contributed by atoms with van der Waals surface area (Å²) in [6.07, 6.45) is 6.63. The quantitative estimate of drug-likeness (QED) is 0.00758. The number of benzene rings is 1. The van der Waals surface area contributed by atoms with Crippen LogP contribution in [-0.4, -0.2) is 248 Å². The second kappa shape index (κ2) is 78.4. The number of nitrogens with one attached hydrogen (secondary N) is 3. The van der Waals surface area contributed by atoms with Gasteiger partial charge in [0.15, 0.2) is 11.6 Å². The molecule has 2 aromatic rings. The van der Waals surface area contributed by atoms with Gasteiger partial charge in [0.1, 0.15) is 30.0 Å². The number of phosphoric ester groups is 1. The molecule has 0 aliphatic heterocycles. The monoisotopic (exact) mass is 1990 g/mol. The normalized spacial score (nSPS) is 12.7. The molecule has 0 saturated heterocycles. The molecule has 0 aliphatic carbocycles. The lowest BCUT2D eigenvalue weighted by molar-refractivity contribution is -0.171. The van der Waals surface area contributed by atoms with Crippen molar-refractivity contribution in [3.05, 3.63) is 60.2 Å². The molecule has 45 nitrogen and oxygen atoms in total. The number of carboxylic acid groups (broad SMARTS) is 2. The number of carbonyl (C=O) groups is 15. The average Bonchev–Trinajstić information content (AvgIpc) is 1.83. The smallest absolute Gasteiger partial charge is 0.472 e. The Kier molecular flexibility index (Phi) is 83.8. The number of rotatable bonds is 45. The van der Waals surface area contributed by atoms with Crippen molar-refractivity contribution < 1.29 is 167 Å². The molecule has 0 bridgehead atoms. The number of hydrogen-bond acceptors (Lipinski definition) is 35. The van der Waals surface area contributed by atoms with Crippen LogP contribution in [0.5, 0.6) is 5.75 Å². The van der Waals surface area contributed by atoms with E-state index in [1.807, 2.05) is 60.5 Å². The van der Waals surface area contributed by atoms with E-state index >= 15 is 0 Å². The summed E-state index contributed by atoms with van der Waals surface area (Å²) >= 11 is 0. The van der Waals surface area contributed by atoms with Crippen molar-refractivity contribution in [1.29, 1.82) is 0 Å². The molecule has 1 heterocycles. The Balaban J connectivity index is -0.000000185. The number of aromatic nitrogens is 2. The third kappa shape index (κ3) is 88.3. The maximum atomic E-state index is 11.8. The van der Waals surface area contributed by atoms with Gasteiger partial charge in [0.05, 0.1) is 86.3 Å². The molecule has 133 heavy (non-hydrogen) atoms. The van der Waals surface area contributed by atoms with Crippen molar-refractivity contribution in [3.8, 4) is 5.75 Å². The highest BCUT2D eigenvalue weighted by molar-refractivity contribution is 7.58. The van der Waals surface area contributed by atoms with Crippen LogP contribution in [0.15, 0.2) is 48.9 Å². The van der Waals surface area contributed by atoms with Crippen molar-refractivity contribution in [2.24, 2.45) is 93.8 Å². The lowest BCUT2D eigenvalue weighted by Crippen LogP contribution is -2.43. The zero-order chi connectivity index (χ0) is 105. The van der Waals surface area contributed by atoms with Crippen LogP contribution in [0.1, 0.15) is 204 Å². The molecule has 774 valence electrons. The number of carbonyl (C=O) groups excluding carboxylic acids is 13. The minimum absolute atomic E-state index is 0. The predicted molar refractivity (Wildman–Crippen MR) is 499 cm³/mol. The second-order valence-electron chi connectivity index (χ2n) is 32.6. The van der Waals surface area contributed by atoms with Gasteiger partial charge in [-0.3, -0.25) is 66.9 Å². The number of ether oxygens (including phenoxy) is 6. The molecule has 2 amide bonds. The summed E-state index contributed by atoms with van der Waals surface area (Å²) in [6, 6.07) is 5.27. The van der Waals surface area contributed by atoms with Crippen molar-refractivity contribution >= 4 is 119 Å². The Labute approximate surface area is 783 Å². The summed E-state index contributed by atoms with van der Waals surface area (Å²) < 4.78 is 84.8. The maximum absolute atomic E-state index is 11.8. The minimum atomic E-state index is -4.53. The molecule has 49 heteroatoms. The summed E-state index contributed by atoms with van der Waals surface area (Å²) in [7, 11) is -11.4. The summed E-state index contributed by atoms with van der Waals surface area (Å²) in [5.74, 6) is -7.99. The van der Waals surface area contributed by atoms with Gasteiger partial charge in [0, 0.05) is 72.6 Å². The first-order valence-electron chi connectivity index (χ1n) is 42.0. The summed E-state index contributed by atoms with van der Waals surface area (Å²) in [5.41, 5.74) is 27.0. The molecule has 20 N–H and O–H groups in total. The Bertz CT molecular complexity index is 3920. The van der Waals surface area contributed by atoms with E-state index in [2.05, 4.69) is 53.3 Å². The van der Waals surface area contributed by atoms with Gasteiger partial charge in [-0.2, -0.15) is 0 Å². The van der Waals surface area contributed by atoms with Crippen LogP contribution in [0.25, 0.3) is 0 Å². The third-order valence-electron chi connectivity index (χ3n) is 15.7. The number of ketones is 4. The van der Waals surface area contributed by atoms with Crippen molar-refractivity contribution in [3.63, 3.8) is 0 Å². The number of hydrogen-bond donors (Lipinski definition) is 15. The van der Waals surface area contributed by atoms with Gasteiger partial charge in [-0.1, -0.05) is 192 Å². The van der Waals surface area contributed by atoms with Gasteiger partial charge in [-0.15, -0.1) is 0 Å². The third-order valence-corrected chi connectivity index (χ3v) is 21.0. The fourth-order valence-corrected chi connectivity index (χ4v) is 9.48. The number of carboxylic acids is 2. The van der Waals surface area contributed by atoms with Gasteiger partial charge >= 0.3 is 76.7 Å². The molecule has 1 aromatic carbocycles. The van der Waals surface area contributed by atoms with Gasteiger partial charge in [0.2, 0.25) is 39.6 Å². The molecule has 0 spiro atoms. The maximum Gasteiger partial charge on any atom is 0.472 e. The van der Waals surface area contributed by atoms with Crippen molar-refractivity contribution in [1.82, 2.24) is 25.5 Å². The summed E-state index contributed by atoms with van der Waals surface area (Å²) in [5, 5.41) is 22.2. The van der Waals surface area contributed by atoms with Crippen LogP contribution in [-0.2, 0) is 141 Å². The van der Waals surface area contributed by atoms with Crippen LogP contribution in [0.4, 0.5) is 0 Å². The van der Waals surface area contributed by atoms with E-state index < -0.39 is 121 Å². The molecule has 0 aliphatic rings. The number of imidazole rings is 1. The number of esters is 6. The van der Waals surface area contributed by atoms with Gasteiger partial charge in [0.25, 0.3) is 0 Å². The first-order valence-corrected chi connectivity index (χ1v) is 49.1. The van der Waals surface area contributed by atoms with Gasteiger partial charge in [-0.25, -0.2) is 32.8 Å². The molecule has 0 radical (unpaired) electrons. The Hall–Kier alpha value is -8.74. The first kappa shape index (κ1) is 142. The van der Waals surface area contributed by atoms with Crippen LogP contribution >= 0.6 is 30.4 Å². The van der Waals surface area contributed by atoms with Gasteiger partial charge in [-0.05, 0) is 57.1 Å². The van der Waals surface area contributed by atoms with E-state index in [1.165, 1.54) is 26.4 Å². The van der Waals surface area contributed by atoms with E-state index in [1.54, 1.807) is 135 Å². The molecule has 0 saturated carbocycles. The van der Waals surface area contributed by atoms with Gasteiger partial charge < -0.3 is 121 Å². The van der Waals surface area contributed by atoms with E-state index in [9.17, 15) is 95.1 Å². The number of amides is 2. The molecule has 2 rings (SSSR count). The zero-order valence-corrected chi connectivity index (χ0v) is 85.1. The topological polar surface area (TPSA) is 735 Å². The van der Waals surface area contributed by atoms with Crippen LogP contribution in [0.2, 0.25) is 0 Å². The number of aromatic amines is 1.